The standard InChI is InChI=1S/C13H14N2O6/c16-10(15-9(13(20)21)6-11(17)18)7-14-12(19)8-4-2-1-3-5-8/h1-5,9H,6-7H2,(H,14,19)(H,15,16)(H,17,18)(H,20,21)/t9-/m0/s1. The van der Waals surface area contributed by atoms with Crippen LogP contribution in [0.25, 0.3) is 0 Å². The van der Waals surface area contributed by atoms with E-state index in [-0.39, 0.29) is 0 Å². The van der Waals surface area contributed by atoms with Crippen molar-refractivity contribution < 1.29 is 29.4 Å². The Kier molecular flexibility index (Phi) is 5.87. The van der Waals surface area contributed by atoms with Gasteiger partial charge in [0.1, 0.15) is 6.04 Å². The third-order valence-electron chi connectivity index (χ3n) is 2.46. The molecule has 8 nitrogen and oxygen atoms in total. The van der Waals surface area contributed by atoms with E-state index in [1.165, 1.54) is 0 Å². The van der Waals surface area contributed by atoms with Gasteiger partial charge < -0.3 is 20.8 Å². The minimum atomic E-state index is -1.54. The number of aliphatic carboxylic acids is 2. The van der Waals surface area contributed by atoms with E-state index in [0.717, 1.165) is 0 Å². The number of rotatable bonds is 7. The molecular formula is C13H14N2O6. The number of carbonyl (C=O) groups is 4. The second kappa shape index (κ2) is 7.63. The lowest BCUT2D eigenvalue weighted by molar-refractivity contribution is -0.147. The molecule has 0 aromatic heterocycles. The molecule has 0 aliphatic carbocycles. The first-order valence-corrected chi connectivity index (χ1v) is 5.97. The van der Waals surface area contributed by atoms with Crippen LogP contribution in [0.3, 0.4) is 0 Å². The Morgan fingerprint density at radius 1 is 1.05 bits per heavy atom. The van der Waals surface area contributed by atoms with E-state index in [1.54, 1.807) is 30.3 Å². The van der Waals surface area contributed by atoms with E-state index in [0.29, 0.717) is 5.56 Å². The van der Waals surface area contributed by atoms with Crippen LogP contribution in [0.5, 0.6) is 0 Å². The summed E-state index contributed by atoms with van der Waals surface area (Å²) >= 11 is 0. The van der Waals surface area contributed by atoms with Gasteiger partial charge in [0.25, 0.3) is 5.91 Å². The first-order chi connectivity index (χ1) is 9.90. The van der Waals surface area contributed by atoms with Crippen molar-refractivity contribution in [2.75, 3.05) is 6.54 Å². The van der Waals surface area contributed by atoms with Crippen LogP contribution in [0, 0.1) is 0 Å². The number of carboxylic acid groups (broad SMARTS) is 2. The van der Waals surface area contributed by atoms with Gasteiger partial charge in [-0.3, -0.25) is 14.4 Å². The summed E-state index contributed by atoms with van der Waals surface area (Å²) in [6, 6.07) is 6.61. The highest BCUT2D eigenvalue weighted by Crippen LogP contribution is 1.97. The second-order valence-electron chi connectivity index (χ2n) is 4.10. The fraction of sp³-hybridized carbons (Fsp3) is 0.231. The van der Waals surface area contributed by atoms with Gasteiger partial charge in [-0.15, -0.1) is 0 Å². The summed E-state index contributed by atoms with van der Waals surface area (Å²) < 4.78 is 0. The van der Waals surface area contributed by atoms with E-state index in [1.807, 2.05) is 5.32 Å². The van der Waals surface area contributed by atoms with Crippen LogP contribution in [-0.2, 0) is 14.4 Å². The first-order valence-electron chi connectivity index (χ1n) is 5.97. The van der Waals surface area contributed by atoms with Gasteiger partial charge in [0.05, 0.1) is 13.0 Å². The molecule has 112 valence electrons. The lowest BCUT2D eigenvalue weighted by atomic mass is 10.2. The molecule has 0 saturated carbocycles. The molecule has 2 amide bonds. The van der Waals surface area contributed by atoms with Gasteiger partial charge >= 0.3 is 11.9 Å². The van der Waals surface area contributed by atoms with Gasteiger partial charge in [-0.1, -0.05) is 18.2 Å². The summed E-state index contributed by atoms with van der Waals surface area (Å²) in [5, 5.41) is 21.6. The number of amides is 2. The fourth-order valence-corrected chi connectivity index (χ4v) is 1.47. The van der Waals surface area contributed by atoms with Crippen LogP contribution in [0.15, 0.2) is 30.3 Å². The molecule has 1 atom stereocenters. The van der Waals surface area contributed by atoms with Crippen molar-refractivity contribution in [3.05, 3.63) is 35.9 Å². The molecule has 0 aliphatic heterocycles. The predicted octanol–water partition coefficient (Wildman–Crippen LogP) is -0.539. The van der Waals surface area contributed by atoms with E-state index < -0.39 is 42.8 Å². The minimum absolute atomic E-state index is 0.352. The molecule has 0 unspecified atom stereocenters. The van der Waals surface area contributed by atoms with Crippen molar-refractivity contribution in [3.8, 4) is 0 Å². The zero-order valence-corrected chi connectivity index (χ0v) is 10.9. The molecule has 0 aliphatic rings. The minimum Gasteiger partial charge on any atom is -0.481 e. The maximum Gasteiger partial charge on any atom is 0.326 e. The van der Waals surface area contributed by atoms with Gasteiger partial charge in [-0.25, -0.2) is 4.79 Å². The molecule has 1 rings (SSSR count). The Balaban J connectivity index is 2.48. The van der Waals surface area contributed by atoms with E-state index in [9.17, 15) is 19.2 Å². The highest BCUT2D eigenvalue weighted by Gasteiger charge is 2.23. The summed E-state index contributed by atoms with van der Waals surface area (Å²) in [4.78, 5) is 44.4. The third kappa shape index (κ3) is 5.72. The van der Waals surface area contributed by atoms with Crippen LogP contribution in [-0.4, -0.2) is 46.6 Å². The lowest BCUT2D eigenvalue weighted by Gasteiger charge is -2.12. The highest BCUT2D eigenvalue weighted by atomic mass is 16.4. The Labute approximate surface area is 119 Å². The summed E-state index contributed by atoms with van der Waals surface area (Å²) in [7, 11) is 0. The van der Waals surface area contributed by atoms with Crippen LogP contribution in [0.4, 0.5) is 0 Å². The molecule has 0 spiro atoms. The summed E-state index contributed by atoms with van der Waals surface area (Å²) in [6.07, 6.45) is -0.742. The van der Waals surface area contributed by atoms with E-state index in [4.69, 9.17) is 10.2 Å². The average Bonchev–Trinajstić information content (AvgIpc) is 2.44. The fourth-order valence-electron chi connectivity index (χ4n) is 1.47. The van der Waals surface area contributed by atoms with Crippen LogP contribution >= 0.6 is 0 Å². The average molecular weight is 294 g/mol. The molecule has 1 aromatic rings. The summed E-state index contributed by atoms with van der Waals surface area (Å²) in [5.74, 6) is -4.08. The van der Waals surface area contributed by atoms with Gasteiger partial charge in [0.2, 0.25) is 5.91 Å². The number of carbonyl (C=O) groups excluding carboxylic acids is 2. The quantitative estimate of drug-likeness (QED) is 0.534. The van der Waals surface area contributed by atoms with Gasteiger partial charge in [0.15, 0.2) is 0 Å². The van der Waals surface area contributed by atoms with Crippen LogP contribution < -0.4 is 10.6 Å². The van der Waals surface area contributed by atoms with Crippen molar-refractivity contribution in [1.29, 1.82) is 0 Å². The molecular weight excluding hydrogens is 280 g/mol. The molecule has 0 fully saturated rings. The topological polar surface area (TPSA) is 133 Å². The Bertz CT molecular complexity index is 543. The zero-order valence-electron chi connectivity index (χ0n) is 10.9. The number of nitrogens with one attached hydrogen (secondary N) is 2. The van der Waals surface area contributed by atoms with Crippen molar-refractivity contribution in [2.24, 2.45) is 0 Å². The first kappa shape index (κ1) is 16.2. The SMILES string of the molecule is O=C(O)C[C@H](NC(=O)CNC(=O)c1ccccc1)C(=O)O. The van der Waals surface area contributed by atoms with Crippen molar-refractivity contribution in [2.45, 2.75) is 12.5 Å². The second-order valence-corrected chi connectivity index (χ2v) is 4.10. The van der Waals surface area contributed by atoms with Crippen molar-refractivity contribution >= 4 is 23.8 Å². The molecule has 8 heteroatoms. The molecule has 0 radical (unpaired) electrons. The number of hydrogen-bond donors (Lipinski definition) is 4. The summed E-state index contributed by atoms with van der Waals surface area (Å²) in [5.41, 5.74) is 0.352. The Hall–Kier alpha value is -2.90. The number of carboxylic acids is 2. The molecule has 0 heterocycles. The predicted molar refractivity (Wildman–Crippen MR) is 70.6 cm³/mol. The molecule has 0 bridgehead atoms. The van der Waals surface area contributed by atoms with Gasteiger partial charge in [0, 0.05) is 5.56 Å². The van der Waals surface area contributed by atoms with Crippen LogP contribution in [0.1, 0.15) is 16.8 Å². The molecule has 1 aromatic carbocycles. The van der Waals surface area contributed by atoms with Crippen molar-refractivity contribution in [1.82, 2.24) is 10.6 Å². The molecule has 21 heavy (non-hydrogen) atoms. The number of benzene rings is 1. The zero-order chi connectivity index (χ0) is 15.8. The van der Waals surface area contributed by atoms with Crippen LogP contribution in [0.2, 0.25) is 0 Å². The summed E-state index contributed by atoms with van der Waals surface area (Å²) in [6.45, 7) is -0.447. The van der Waals surface area contributed by atoms with Crippen molar-refractivity contribution in [3.63, 3.8) is 0 Å². The van der Waals surface area contributed by atoms with E-state index in [2.05, 4.69) is 5.32 Å². The monoisotopic (exact) mass is 294 g/mol. The molecule has 0 saturated heterocycles. The normalized spacial score (nSPS) is 11.2. The Morgan fingerprint density at radius 3 is 2.19 bits per heavy atom. The Morgan fingerprint density at radius 2 is 1.67 bits per heavy atom. The maximum atomic E-state index is 11.6. The lowest BCUT2D eigenvalue weighted by Crippen LogP contribution is -2.46. The third-order valence-corrected chi connectivity index (χ3v) is 2.46. The highest BCUT2D eigenvalue weighted by molar-refractivity contribution is 5.97. The number of hydrogen-bond acceptors (Lipinski definition) is 4. The largest absolute Gasteiger partial charge is 0.481 e. The van der Waals surface area contributed by atoms with E-state index >= 15 is 0 Å². The maximum absolute atomic E-state index is 11.6. The van der Waals surface area contributed by atoms with Gasteiger partial charge in [-0.2, -0.15) is 0 Å². The smallest absolute Gasteiger partial charge is 0.326 e. The van der Waals surface area contributed by atoms with Gasteiger partial charge in [-0.05, 0) is 12.1 Å². The molecule has 4 N–H and O–H groups in total.